The zero-order valence-corrected chi connectivity index (χ0v) is 13.6. The van der Waals surface area contributed by atoms with E-state index in [4.69, 9.17) is 0 Å². The molecule has 3 aliphatic carbocycles. The lowest BCUT2D eigenvalue weighted by Gasteiger charge is -2.60. The van der Waals surface area contributed by atoms with Gasteiger partial charge in [-0.1, -0.05) is 13.8 Å². The van der Waals surface area contributed by atoms with E-state index in [1.807, 2.05) is 0 Å². The average Bonchev–Trinajstić information content (AvgIpc) is 2.52. The Morgan fingerprint density at radius 1 is 1.27 bits per heavy atom. The third-order valence-corrected chi connectivity index (χ3v) is 6.10. The molecule has 3 unspecified atom stereocenters. The zero-order chi connectivity index (χ0) is 15.7. The number of Topliss-reactive ketones (excluding diaryl/α,β-unsaturated/α-hetero) is 1. The van der Waals surface area contributed by atoms with Crippen LogP contribution in [0.25, 0.3) is 0 Å². The molecule has 0 amide bonds. The Morgan fingerprint density at radius 2 is 2.00 bits per heavy atom. The fourth-order valence-electron chi connectivity index (χ4n) is 4.48. The standard InChI is InChI=1S/C19H26FNO/c1-19(2)15-6-3-14(17(19)11-15)12-21-10-9-18(22)13-4-7-16(20)8-5-13/h4-5,7-8,14-15,17,21H,3,6,9-12H2,1-2H3. The number of rotatable bonds is 6. The van der Waals surface area contributed by atoms with Crippen molar-refractivity contribution in [1.29, 1.82) is 0 Å². The SMILES string of the molecule is CC1(C)C2CCC(CNCCC(=O)c3ccc(F)cc3)C1C2. The molecule has 3 aliphatic rings. The molecule has 4 rings (SSSR count). The van der Waals surface area contributed by atoms with Gasteiger partial charge in [-0.3, -0.25) is 4.79 Å². The molecule has 0 spiro atoms. The Hall–Kier alpha value is -1.22. The Labute approximate surface area is 132 Å². The van der Waals surface area contributed by atoms with Crippen LogP contribution in [0.1, 0.15) is 49.9 Å². The van der Waals surface area contributed by atoms with Crippen molar-refractivity contribution in [3.8, 4) is 0 Å². The van der Waals surface area contributed by atoms with Crippen molar-refractivity contribution >= 4 is 5.78 Å². The van der Waals surface area contributed by atoms with Gasteiger partial charge in [0.25, 0.3) is 0 Å². The predicted octanol–water partition coefficient (Wildman–Crippen LogP) is 4.06. The van der Waals surface area contributed by atoms with Gasteiger partial charge in [-0.2, -0.15) is 0 Å². The molecule has 1 aromatic carbocycles. The molecule has 0 saturated heterocycles. The van der Waals surface area contributed by atoms with Crippen LogP contribution in [0, 0.1) is 29.0 Å². The first-order valence-electron chi connectivity index (χ1n) is 8.48. The topological polar surface area (TPSA) is 29.1 Å². The fourth-order valence-corrected chi connectivity index (χ4v) is 4.48. The molecule has 3 fully saturated rings. The van der Waals surface area contributed by atoms with Crippen LogP contribution in [0.15, 0.2) is 24.3 Å². The molecule has 2 bridgehead atoms. The maximum absolute atomic E-state index is 12.8. The third-order valence-electron chi connectivity index (χ3n) is 6.10. The summed E-state index contributed by atoms with van der Waals surface area (Å²) < 4.78 is 12.8. The van der Waals surface area contributed by atoms with Crippen molar-refractivity contribution in [3.05, 3.63) is 35.6 Å². The van der Waals surface area contributed by atoms with Crippen LogP contribution in [-0.2, 0) is 0 Å². The second kappa shape index (κ2) is 6.11. The maximum atomic E-state index is 12.8. The average molecular weight is 303 g/mol. The molecule has 2 nitrogen and oxygen atoms in total. The van der Waals surface area contributed by atoms with Crippen molar-refractivity contribution in [3.63, 3.8) is 0 Å². The van der Waals surface area contributed by atoms with Crippen LogP contribution in [0.2, 0.25) is 0 Å². The number of fused-ring (bicyclic) bond motifs is 2. The smallest absolute Gasteiger partial charge is 0.164 e. The van der Waals surface area contributed by atoms with E-state index in [0.717, 1.165) is 24.3 Å². The molecule has 22 heavy (non-hydrogen) atoms. The number of nitrogens with one attached hydrogen (secondary N) is 1. The van der Waals surface area contributed by atoms with Crippen LogP contribution in [0.3, 0.4) is 0 Å². The van der Waals surface area contributed by atoms with Gasteiger partial charge in [-0.05, 0) is 73.2 Å². The summed E-state index contributed by atoms with van der Waals surface area (Å²) in [7, 11) is 0. The number of carbonyl (C=O) groups excluding carboxylic acids is 1. The molecule has 1 N–H and O–H groups in total. The molecule has 0 radical (unpaired) electrons. The molecule has 120 valence electrons. The second-order valence-electron chi connectivity index (χ2n) is 7.58. The minimum absolute atomic E-state index is 0.0835. The predicted molar refractivity (Wildman–Crippen MR) is 86.3 cm³/mol. The highest BCUT2D eigenvalue weighted by Gasteiger charge is 2.53. The van der Waals surface area contributed by atoms with Crippen LogP contribution in [0.4, 0.5) is 4.39 Å². The van der Waals surface area contributed by atoms with Gasteiger partial charge in [-0.25, -0.2) is 4.39 Å². The van der Waals surface area contributed by atoms with E-state index in [9.17, 15) is 9.18 Å². The van der Waals surface area contributed by atoms with Crippen LogP contribution >= 0.6 is 0 Å². The highest BCUT2D eigenvalue weighted by atomic mass is 19.1. The summed E-state index contributed by atoms with van der Waals surface area (Å²) in [6, 6.07) is 5.82. The quantitative estimate of drug-likeness (QED) is 0.634. The van der Waals surface area contributed by atoms with E-state index < -0.39 is 0 Å². The van der Waals surface area contributed by atoms with Crippen LogP contribution < -0.4 is 5.32 Å². The number of hydrogen-bond acceptors (Lipinski definition) is 2. The van der Waals surface area contributed by atoms with Gasteiger partial charge < -0.3 is 5.32 Å². The molecule has 1 aromatic rings. The van der Waals surface area contributed by atoms with Crippen molar-refractivity contribution in [1.82, 2.24) is 5.32 Å². The molecule has 3 heteroatoms. The van der Waals surface area contributed by atoms with Crippen molar-refractivity contribution in [2.75, 3.05) is 13.1 Å². The molecular weight excluding hydrogens is 277 g/mol. The molecule has 3 atom stereocenters. The van der Waals surface area contributed by atoms with Gasteiger partial charge in [0.1, 0.15) is 5.82 Å². The van der Waals surface area contributed by atoms with E-state index in [-0.39, 0.29) is 11.6 Å². The first-order chi connectivity index (χ1) is 10.5. The summed E-state index contributed by atoms with van der Waals surface area (Å²) in [5.41, 5.74) is 1.12. The number of hydrogen-bond donors (Lipinski definition) is 1. The van der Waals surface area contributed by atoms with E-state index in [1.165, 1.54) is 31.4 Å². The second-order valence-corrected chi connectivity index (χ2v) is 7.58. The van der Waals surface area contributed by atoms with Gasteiger partial charge in [-0.15, -0.1) is 0 Å². The maximum Gasteiger partial charge on any atom is 0.164 e. The lowest BCUT2D eigenvalue weighted by molar-refractivity contribution is -0.103. The monoisotopic (exact) mass is 303 g/mol. The van der Waals surface area contributed by atoms with Gasteiger partial charge >= 0.3 is 0 Å². The van der Waals surface area contributed by atoms with Gasteiger partial charge in [0.2, 0.25) is 0 Å². The summed E-state index contributed by atoms with van der Waals surface area (Å²) >= 11 is 0. The Balaban J connectivity index is 1.40. The fraction of sp³-hybridized carbons (Fsp3) is 0.632. The summed E-state index contributed by atoms with van der Waals surface area (Å²) in [6.45, 7) is 6.56. The number of halogens is 1. The minimum Gasteiger partial charge on any atom is -0.316 e. The van der Waals surface area contributed by atoms with Gasteiger partial charge in [0, 0.05) is 18.5 Å². The molecular formula is C19H26FNO. The number of benzene rings is 1. The zero-order valence-electron chi connectivity index (χ0n) is 13.6. The van der Waals surface area contributed by atoms with Crippen LogP contribution in [-0.4, -0.2) is 18.9 Å². The number of ketones is 1. The van der Waals surface area contributed by atoms with Gasteiger partial charge in [0.15, 0.2) is 5.78 Å². The molecule has 0 aliphatic heterocycles. The largest absolute Gasteiger partial charge is 0.316 e. The summed E-state index contributed by atoms with van der Waals surface area (Å²) in [4.78, 5) is 12.0. The third kappa shape index (κ3) is 2.96. The van der Waals surface area contributed by atoms with Crippen molar-refractivity contribution < 1.29 is 9.18 Å². The Morgan fingerprint density at radius 3 is 2.64 bits per heavy atom. The molecule has 0 heterocycles. The van der Waals surface area contributed by atoms with Gasteiger partial charge in [0.05, 0.1) is 0 Å². The summed E-state index contributed by atoms with van der Waals surface area (Å²) in [5.74, 6) is 2.34. The Bertz CT molecular complexity index is 535. The minimum atomic E-state index is -0.298. The van der Waals surface area contributed by atoms with E-state index >= 15 is 0 Å². The van der Waals surface area contributed by atoms with Crippen LogP contribution in [0.5, 0.6) is 0 Å². The summed E-state index contributed by atoms with van der Waals surface area (Å²) in [6.07, 6.45) is 4.57. The first kappa shape index (κ1) is 15.7. The van der Waals surface area contributed by atoms with Crippen molar-refractivity contribution in [2.24, 2.45) is 23.2 Å². The lowest BCUT2D eigenvalue weighted by atomic mass is 9.45. The van der Waals surface area contributed by atoms with E-state index in [1.54, 1.807) is 12.1 Å². The molecule has 3 saturated carbocycles. The number of carbonyl (C=O) groups is 1. The lowest BCUT2D eigenvalue weighted by Crippen LogP contribution is -2.54. The Kier molecular flexibility index (Phi) is 4.35. The van der Waals surface area contributed by atoms with E-state index in [2.05, 4.69) is 19.2 Å². The first-order valence-corrected chi connectivity index (χ1v) is 8.48. The normalized spacial score (nSPS) is 29.0. The van der Waals surface area contributed by atoms with E-state index in [0.29, 0.717) is 23.9 Å². The highest BCUT2D eigenvalue weighted by Crippen LogP contribution is 2.61. The highest BCUT2D eigenvalue weighted by molar-refractivity contribution is 5.96. The molecule has 0 aromatic heterocycles. The van der Waals surface area contributed by atoms with Crippen molar-refractivity contribution in [2.45, 2.75) is 39.5 Å². The summed E-state index contributed by atoms with van der Waals surface area (Å²) in [5, 5.41) is 3.47.